The Morgan fingerprint density at radius 1 is 1.09 bits per heavy atom. The summed E-state index contributed by atoms with van der Waals surface area (Å²) in [5, 5.41) is 8.83. The first kappa shape index (κ1) is 16.7. The van der Waals surface area contributed by atoms with Crippen molar-refractivity contribution in [1.82, 2.24) is 0 Å². The average Bonchev–Trinajstić information content (AvgIpc) is 2.45. The fourth-order valence-electron chi connectivity index (χ4n) is 2.00. The van der Waals surface area contributed by atoms with Gasteiger partial charge in [0.25, 0.3) is 6.43 Å². The lowest BCUT2D eigenvalue weighted by molar-refractivity contribution is -0.274. The number of halogens is 5. The SMILES string of the molecule is O=C(O)c1ccc(-c2cccc(OC(F)(F)F)c2)c(C(F)F)c1. The second-order valence-electron chi connectivity index (χ2n) is 4.48. The zero-order chi connectivity index (χ0) is 17.2. The molecule has 0 atom stereocenters. The number of carboxylic acid groups (broad SMARTS) is 1. The maximum atomic E-state index is 13.1. The molecule has 1 N–H and O–H groups in total. The van der Waals surface area contributed by atoms with Crippen LogP contribution in [0, 0.1) is 0 Å². The van der Waals surface area contributed by atoms with Crippen molar-refractivity contribution in [2.45, 2.75) is 12.8 Å². The summed E-state index contributed by atoms with van der Waals surface area (Å²) in [4.78, 5) is 10.8. The Kier molecular flexibility index (Phi) is 4.53. The van der Waals surface area contributed by atoms with Gasteiger partial charge in [0.1, 0.15) is 5.75 Å². The van der Waals surface area contributed by atoms with Gasteiger partial charge in [0.2, 0.25) is 0 Å². The van der Waals surface area contributed by atoms with Gasteiger partial charge in [-0.25, -0.2) is 13.6 Å². The lowest BCUT2D eigenvalue weighted by Crippen LogP contribution is -2.17. The second-order valence-corrected chi connectivity index (χ2v) is 4.48. The molecule has 2 aromatic rings. The predicted octanol–water partition coefficient (Wildman–Crippen LogP) is 4.89. The van der Waals surface area contributed by atoms with Gasteiger partial charge < -0.3 is 9.84 Å². The van der Waals surface area contributed by atoms with E-state index >= 15 is 0 Å². The Morgan fingerprint density at radius 2 is 1.78 bits per heavy atom. The van der Waals surface area contributed by atoms with E-state index in [1.54, 1.807) is 0 Å². The van der Waals surface area contributed by atoms with Crippen LogP contribution in [0.25, 0.3) is 11.1 Å². The Balaban J connectivity index is 2.49. The molecular weight excluding hydrogens is 323 g/mol. The summed E-state index contributed by atoms with van der Waals surface area (Å²) in [5.41, 5.74) is -0.947. The molecular formula is C15H9F5O3. The van der Waals surface area contributed by atoms with Gasteiger partial charge >= 0.3 is 12.3 Å². The quantitative estimate of drug-likeness (QED) is 0.811. The number of hydrogen-bond donors (Lipinski definition) is 1. The molecule has 0 unspecified atom stereocenters. The molecule has 0 aliphatic heterocycles. The number of aromatic carboxylic acids is 1. The molecule has 23 heavy (non-hydrogen) atoms. The largest absolute Gasteiger partial charge is 0.573 e. The van der Waals surface area contributed by atoms with E-state index in [4.69, 9.17) is 5.11 Å². The van der Waals surface area contributed by atoms with Crippen LogP contribution in [0.3, 0.4) is 0 Å². The maximum absolute atomic E-state index is 13.1. The first-order valence-electron chi connectivity index (χ1n) is 6.19. The highest BCUT2D eigenvalue weighted by atomic mass is 19.4. The lowest BCUT2D eigenvalue weighted by Gasteiger charge is -2.13. The van der Waals surface area contributed by atoms with E-state index in [2.05, 4.69) is 4.74 Å². The minimum absolute atomic E-state index is 0.0546. The van der Waals surface area contributed by atoms with Gasteiger partial charge in [-0.15, -0.1) is 13.2 Å². The molecule has 122 valence electrons. The Labute approximate surface area is 126 Å². The van der Waals surface area contributed by atoms with Gasteiger partial charge in [0, 0.05) is 5.56 Å². The van der Waals surface area contributed by atoms with Crippen LogP contribution in [0.2, 0.25) is 0 Å². The molecule has 0 heterocycles. The molecule has 0 aromatic heterocycles. The molecule has 0 radical (unpaired) electrons. The van der Waals surface area contributed by atoms with Gasteiger partial charge in [-0.05, 0) is 35.4 Å². The summed E-state index contributed by atoms with van der Waals surface area (Å²) in [6, 6.07) is 7.54. The molecule has 0 amide bonds. The van der Waals surface area contributed by atoms with Crippen molar-refractivity contribution in [3.63, 3.8) is 0 Å². The normalized spacial score (nSPS) is 11.6. The molecule has 0 fully saturated rings. The molecule has 2 rings (SSSR count). The van der Waals surface area contributed by atoms with E-state index in [1.807, 2.05) is 0 Å². The first-order valence-corrected chi connectivity index (χ1v) is 6.19. The molecule has 0 saturated carbocycles. The van der Waals surface area contributed by atoms with Crippen LogP contribution in [-0.2, 0) is 0 Å². The molecule has 2 aromatic carbocycles. The summed E-state index contributed by atoms with van der Waals surface area (Å²) in [5.74, 6) is -1.94. The molecule has 0 aliphatic carbocycles. The highest BCUT2D eigenvalue weighted by molar-refractivity contribution is 5.89. The van der Waals surface area contributed by atoms with Gasteiger partial charge in [-0.2, -0.15) is 0 Å². The molecule has 0 bridgehead atoms. The van der Waals surface area contributed by atoms with Crippen LogP contribution < -0.4 is 4.74 Å². The maximum Gasteiger partial charge on any atom is 0.573 e. The van der Waals surface area contributed by atoms with Crippen molar-refractivity contribution in [3.8, 4) is 16.9 Å². The smallest absolute Gasteiger partial charge is 0.478 e. The molecule has 0 aliphatic rings. The highest BCUT2D eigenvalue weighted by Crippen LogP contribution is 2.34. The van der Waals surface area contributed by atoms with Gasteiger partial charge in [-0.3, -0.25) is 0 Å². The van der Waals surface area contributed by atoms with Crippen molar-refractivity contribution >= 4 is 5.97 Å². The standard InChI is InChI=1S/C15H9F5O3/c16-13(17)12-7-9(14(21)22)4-5-11(12)8-2-1-3-10(6-8)23-15(18,19)20/h1-7,13H,(H,21,22). The monoisotopic (exact) mass is 332 g/mol. The number of benzene rings is 2. The Bertz CT molecular complexity index is 725. The number of ether oxygens (including phenoxy) is 1. The van der Waals surface area contributed by atoms with Gasteiger partial charge in [-0.1, -0.05) is 18.2 Å². The zero-order valence-corrected chi connectivity index (χ0v) is 11.3. The van der Waals surface area contributed by atoms with E-state index in [1.165, 1.54) is 12.1 Å². The zero-order valence-electron chi connectivity index (χ0n) is 11.3. The summed E-state index contributed by atoms with van der Waals surface area (Å²) in [6.45, 7) is 0. The fraction of sp³-hybridized carbons (Fsp3) is 0.133. The van der Waals surface area contributed by atoms with Crippen LogP contribution in [-0.4, -0.2) is 17.4 Å². The van der Waals surface area contributed by atoms with E-state index in [0.717, 1.165) is 30.3 Å². The van der Waals surface area contributed by atoms with E-state index in [-0.39, 0.29) is 16.7 Å². The van der Waals surface area contributed by atoms with Crippen LogP contribution in [0.15, 0.2) is 42.5 Å². The van der Waals surface area contributed by atoms with E-state index < -0.39 is 30.1 Å². The van der Waals surface area contributed by atoms with Crippen molar-refractivity contribution in [2.24, 2.45) is 0 Å². The second kappa shape index (κ2) is 6.23. The summed E-state index contributed by atoms with van der Waals surface area (Å²) in [6.07, 6.45) is -7.89. The third-order valence-electron chi connectivity index (χ3n) is 2.91. The topological polar surface area (TPSA) is 46.5 Å². The third-order valence-corrected chi connectivity index (χ3v) is 2.91. The summed E-state index contributed by atoms with van der Waals surface area (Å²) >= 11 is 0. The highest BCUT2D eigenvalue weighted by Gasteiger charge is 2.31. The number of rotatable bonds is 4. The Morgan fingerprint density at radius 3 is 2.35 bits per heavy atom. The molecule has 0 spiro atoms. The van der Waals surface area contributed by atoms with Gasteiger partial charge in [0.15, 0.2) is 0 Å². The van der Waals surface area contributed by atoms with Crippen LogP contribution in [0.1, 0.15) is 22.3 Å². The Hall–Kier alpha value is -2.64. The van der Waals surface area contributed by atoms with Crippen molar-refractivity contribution in [2.75, 3.05) is 0 Å². The van der Waals surface area contributed by atoms with Crippen LogP contribution in [0.4, 0.5) is 22.0 Å². The molecule has 0 saturated heterocycles. The number of alkyl halides is 5. The molecule has 8 heteroatoms. The predicted molar refractivity (Wildman–Crippen MR) is 70.5 cm³/mol. The van der Waals surface area contributed by atoms with Gasteiger partial charge in [0.05, 0.1) is 5.56 Å². The minimum Gasteiger partial charge on any atom is -0.478 e. The van der Waals surface area contributed by atoms with Crippen LogP contribution >= 0.6 is 0 Å². The summed E-state index contributed by atoms with van der Waals surface area (Å²) < 4.78 is 66.6. The fourth-order valence-corrected chi connectivity index (χ4v) is 2.00. The summed E-state index contributed by atoms with van der Waals surface area (Å²) in [7, 11) is 0. The van der Waals surface area contributed by atoms with Crippen molar-refractivity contribution in [3.05, 3.63) is 53.6 Å². The van der Waals surface area contributed by atoms with Crippen molar-refractivity contribution < 1.29 is 36.6 Å². The minimum atomic E-state index is -4.91. The third kappa shape index (κ3) is 4.18. The van der Waals surface area contributed by atoms with E-state index in [0.29, 0.717) is 0 Å². The average molecular weight is 332 g/mol. The van der Waals surface area contributed by atoms with Crippen LogP contribution in [0.5, 0.6) is 5.75 Å². The first-order chi connectivity index (χ1) is 10.7. The van der Waals surface area contributed by atoms with Crippen molar-refractivity contribution in [1.29, 1.82) is 0 Å². The van der Waals surface area contributed by atoms with E-state index in [9.17, 15) is 26.7 Å². The number of carboxylic acids is 1. The molecule has 3 nitrogen and oxygen atoms in total. The number of carbonyl (C=O) groups is 1. The lowest BCUT2D eigenvalue weighted by atomic mass is 9.97. The number of hydrogen-bond acceptors (Lipinski definition) is 2.